The van der Waals surface area contributed by atoms with Crippen molar-refractivity contribution in [3.05, 3.63) is 72.8 Å². The molecule has 0 bridgehead atoms. The number of piperidine rings is 1. The Morgan fingerprint density at radius 1 is 1.07 bits per heavy atom. The number of likely N-dealkylation sites (tertiary alicyclic amines) is 1. The minimum atomic E-state index is 0.383. The first kappa shape index (κ1) is 16.2. The van der Waals surface area contributed by atoms with E-state index in [9.17, 15) is 0 Å². The summed E-state index contributed by atoms with van der Waals surface area (Å²) in [6.45, 7) is 6.37. The lowest BCUT2D eigenvalue weighted by Gasteiger charge is -2.33. The first-order chi connectivity index (χ1) is 13.2. The fourth-order valence-electron chi connectivity index (χ4n) is 4.20. The second-order valence-corrected chi connectivity index (χ2v) is 7.40. The van der Waals surface area contributed by atoms with Crippen molar-refractivity contribution < 1.29 is 4.42 Å². The molecule has 4 aromatic rings. The number of fused-ring (bicyclic) bond motifs is 2. The number of hydrogen-bond acceptors (Lipinski definition) is 3. The quantitative estimate of drug-likeness (QED) is 0.507. The molecular formula is C23H23N3O. The summed E-state index contributed by atoms with van der Waals surface area (Å²) in [4.78, 5) is 7.10. The predicted octanol–water partition coefficient (Wildman–Crippen LogP) is 5.17. The van der Waals surface area contributed by atoms with Crippen LogP contribution in [0, 0.1) is 0 Å². The Morgan fingerprint density at radius 2 is 1.81 bits per heavy atom. The summed E-state index contributed by atoms with van der Waals surface area (Å²) in [5.74, 6) is 1.26. The van der Waals surface area contributed by atoms with E-state index >= 15 is 0 Å². The molecule has 5 rings (SSSR count). The van der Waals surface area contributed by atoms with Crippen LogP contribution in [-0.2, 0) is 7.05 Å². The summed E-state index contributed by atoms with van der Waals surface area (Å²) in [6.07, 6.45) is 4.27. The van der Waals surface area contributed by atoms with Crippen molar-refractivity contribution in [3.8, 4) is 0 Å². The number of hydrogen-bond donors (Lipinski definition) is 0. The number of aromatic nitrogens is 2. The van der Waals surface area contributed by atoms with Crippen LogP contribution in [0.5, 0.6) is 0 Å². The Balaban J connectivity index is 1.34. The van der Waals surface area contributed by atoms with Gasteiger partial charge >= 0.3 is 0 Å². The van der Waals surface area contributed by atoms with E-state index < -0.39 is 0 Å². The van der Waals surface area contributed by atoms with Gasteiger partial charge in [0.1, 0.15) is 5.52 Å². The van der Waals surface area contributed by atoms with Crippen LogP contribution in [0.1, 0.15) is 30.2 Å². The molecule has 1 fully saturated rings. The molecule has 1 saturated heterocycles. The van der Waals surface area contributed by atoms with Crippen LogP contribution in [0.2, 0.25) is 0 Å². The molecule has 136 valence electrons. The zero-order valence-electron chi connectivity index (χ0n) is 15.6. The molecule has 0 aliphatic carbocycles. The Labute approximate surface area is 158 Å². The number of oxazole rings is 1. The summed E-state index contributed by atoms with van der Waals surface area (Å²) in [5.41, 5.74) is 5.43. The van der Waals surface area contributed by atoms with Crippen molar-refractivity contribution >= 4 is 27.7 Å². The number of aryl methyl sites for hydroxylation is 1. The first-order valence-corrected chi connectivity index (χ1v) is 9.54. The Bertz CT molecular complexity index is 1100. The summed E-state index contributed by atoms with van der Waals surface area (Å²) in [6, 6.07) is 16.5. The number of nitrogens with zero attached hydrogens (tertiary/aromatic N) is 3. The van der Waals surface area contributed by atoms with Gasteiger partial charge in [-0.2, -0.15) is 0 Å². The van der Waals surface area contributed by atoms with Gasteiger partial charge in [0, 0.05) is 54.4 Å². The van der Waals surface area contributed by atoms with E-state index in [2.05, 4.69) is 53.6 Å². The van der Waals surface area contributed by atoms with Gasteiger partial charge in [-0.25, -0.2) is 4.98 Å². The van der Waals surface area contributed by atoms with Crippen molar-refractivity contribution in [1.82, 2.24) is 14.5 Å². The molecule has 27 heavy (non-hydrogen) atoms. The molecule has 2 aromatic heterocycles. The number of benzene rings is 2. The van der Waals surface area contributed by atoms with Gasteiger partial charge in [0.2, 0.25) is 0 Å². The van der Waals surface area contributed by atoms with Crippen molar-refractivity contribution in [3.63, 3.8) is 0 Å². The van der Waals surface area contributed by atoms with Gasteiger partial charge in [-0.15, -0.1) is 0 Å². The third-order valence-electron chi connectivity index (χ3n) is 5.74. The molecule has 4 heteroatoms. The number of rotatable bonds is 3. The fraction of sp³-hybridized carbons (Fsp3) is 0.261. The SMILES string of the molecule is C=C(c1cn(C)c2ccccc12)N1CCC(c2nc3ccccc3o2)CC1. The molecule has 4 nitrogen and oxygen atoms in total. The average Bonchev–Trinajstić information content (AvgIpc) is 3.29. The molecule has 1 aliphatic heterocycles. The lowest BCUT2D eigenvalue weighted by atomic mass is 9.95. The standard InChI is InChI=1S/C23H23N3O/c1-16(19-15-25(2)21-9-5-3-7-18(19)21)26-13-11-17(12-14-26)23-24-20-8-4-6-10-22(20)27-23/h3-10,15,17H,1,11-14H2,2H3. The van der Waals surface area contributed by atoms with E-state index in [0.717, 1.165) is 48.6 Å². The summed E-state index contributed by atoms with van der Waals surface area (Å²) < 4.78 is 8.17. The highest BCUT2D eigenvalue weighted by Crippen LogP contribution is 2.34. The molecule has 3 heterocycles. The van der Waals surface area contributed by atoms with Crippen LogP contribution >= 0.6 is 0 Å². The Hall–Kier alpha value is -3.01. The smallest absolute Gasteiger partial charge is 0.198 e. The maximum Gasteiger partial charge on any atom is 0.198 e. The Morgan fingerprint density at radius 3 is 2.63 bits per heavy atom. The van der Waals surface area contributed by atoms with E-state index in [-0.39, 0.29) is 0 Å². The van der Waals surface area contributed by atoms with Gasteiger partial charge in [0.15, 0.2) is 11.5 Å². The summed E-state index contributed by atoms with van der Waals surface area (Å²) >= 11 is 0. The highest BCUT2D eigenvalue weighted by Gasteiger charge is 2.26. The maximum atomic E-state index is 5.99. The molecule has 0 radical (unpaired) electrons. The topological polar surface area (TPSA) is 34.2 Å². The molecule has 0 amide bonds. The minimum Gasteiger partial charge on any atom is -0.440 e. The second-order valence-electron chi connectivity index (χ2n) is 7.40. The van der Waals surface area contributed by atoms with Gasteiger partial charge in [-0.1, -0.05) is 36.9 Å². The zero-order valence-corrected chi connectivity index (χ0v) is 15.6. The molecule has 1 aliphatic rings. The molecule has 0 N–H and O–H groups in total. The van der Waals surface area contributed by atoms with Crippen molar-refractivity contribution in [2.45, 2.75) is 18.8 Å². The molecule has 0 atom stereocenters. The average molecular weight is 357 g/mol. The molecule has 0 saturated carbocycles. The zero-order chi connectivity index (χ0) is 18.4. The fourth-order valence-corrected chi connectivity index (χ4v) is 4.20. The largest absolute Gasteiger partial charge is 0.440 e. The van der Waals surface area contributed by atoms with E-state index in [4.69, 9.17) is 9.40 Å². The van der Waals surface area contributed by atoms with Crippen molar-refractivity contribution in [1.29, 1.82) is 0 Å². The van der Waals surface area contributed by atoms with Crippen LogP contribution in [0.3, 0.4) is 0 Å². The third-order valence-corrected chi connectivity index (χ3v) is 5.74. The third kappa shape index (κ3) is 2.72. The van der Waals surface area contributed by atoms with E-state index in [0.29, 0.717) is 5.92 Å². The van der Waals surface area contributed by atoms with Gasteiger partial charge in [-0.05, 0) is 31.0 Å². The highest BCUT2D eigenvalue weighted by molar-refractivity contribution is 5.92. The molecule has 2 aromatic carbocycles. The maximum absolute atomic E-state index is 5.99. The van der Waals surface area contributed by atoms with Gasteiger partial charge in [0.25, 0.3) is 0 Å². The lowest BCUT2D eigenvalue weighted by molar-refractivity contribution is 0.276. The molecular weight excluding hydrogens is 334 g/mol. The van der Waals surface area contributed by atoms with Gasteiger partial charge < -0.3 is 13.9 Å². The first-order valence-electron chi connectivity index (χ1n) is 9.54. The van der Waals surface area contributed by atoms with E-state index in [1.807, 2.05) is 24.3 Å². The van der Waals surface area contributed by atoms with Crippen LogP contribution in [0.25, 0.3) is 27.7 Å². The van der Waals surface area contributed by atoms with Crippen LogP contribution < -0.4 is 0 Å². The van der Waals surface area contributed by atoms with Crippen LogP contribution in [0.4, 0.5) is 0 Å². The van der Waals surface area contributed by atoms with Crippen molar-refractivity contribution in [2.75, 3.05) is 13.1 Å². The van der Waals surface area contributed by atoms with Gasteiger partial charge in [0.05, 0.1) is 0 Å². The van der Waals surface area contributed by atoms with E-state index in [1.165, 1.54) is 16.5 Å². The summed E-state index contributed by atoms with van der Waals surface area (Å²) in [7, 11) is 2.10. The van der Waals surface area contributed by atoms with Crippen LogP contribution in [0.15, 0.2) is 65.7 Å². The van der Waals surface area contributed by atoms with Gasteiger partial charge in [-0.3, -0.25) is 0 Å². The molecule has 0 unspecified atom stereocenters. The Kier molecular flexibility index (Phi) is 3.78. The molecule has 0 spiro atoms. The minimum absolute atomic E-state index is 0.383. The second kappa shape index (κ2) is 6.31. The predicted molar refractivity (Wildman–Crippen MR) is 110 cm³/mol. The highest BCUT2D eigenvalue weighted by atomic mass is 16.3. The number of para-hydroxylation sites is 3. The lowest BCUT2D eigenvalue weighted by Crippen LogP contribution is -2.31. The van der Waals surface area contributed by atoms with Crippen LogP contribution in [-0.4, -0.2) is 27.5 Å². The normalized spacial score (nSPS) is 15.7. The van der Waals surface area contributed by atoms with E-state index in [1.54, 1.807) is 0 Å². The monoisotopic (exact) mass is 357 g/mol. The summed E-state index contributed by atoms with van der Waals surface area (Å²) in [5, 5.41) is 1.27. The van der Waals surface area contributed by atoms with Crippen molar-refractivity contribution in [2.24, 2.45) is 7.05 Å².